The van der Waals surface area contributed by atoms with Crippen LogP contribution < -0.4 is 5.32 Å². The van der Waals surface area contributed by atoms with E-state index in [9.17, 15) is 4.79 Å². The molecule has 0 saturated heterocycles. The normalized spacial score (nSPS) is 11.1. The van der Waals surface area contributed by atoms with Gasteiger partial charge in [-0.15, -0.1) is 22.7 Å². The second-order valence-electron chi connectivity index (χ2n) is 4.88. The molecule has 3 nitrogen and oxygen atoms in total. The van der Waals surface area contributed by atoms with Crippen LogP contribution in [0.4, 0.5) is 5.13 Å². The van der Waals surface area contributed by atoms with Crippen LogP contribution in [0.15, 0.2) is 48.0 Å². The van der Waals surface area contributed by atoms with E-state index >= 15 is 0 Å². The summed E-state index contributed by atoms with van der Waals surface area (Å²) in [4.78, 5) is 18.2. The van der Waals surface area contributed by atoms with E-state index in [1.54, 1.807) is 35.7 Å². The average molecular weight is 395 g/mol. The summed E-state index contributed by atoms with van der Waals surface area (Å²) in [6, 6.07) is 9.26. The van der Waals surface area contributed by atoms with Gasteiger partial charge in [0.1, 0.15) is 0 Å². The van der Waals surface area contributed by atoms with Crippen LogP contribution in [0.1, 0.15) is 15.3 Å². The van der Waals surface area contributed by atoms with E-state index in [-0.39, 0.29) is 5.91 Å². The Morgan fingerprint density at radius 3 is 2.96 bits per heavy atom. The van der Waals surface area contributed by atoms with Gasteiger partial charge in [-0.1, -0.05) is 29.3 Å². The lowest BCUT2D eigenvalue weighted by Crippen LogP contribution is -2.06. The van der Waals surface area contributed by atoms with Crippen LogP contribution in [0.3, 0.4) is 0 Å². The molecule has 0 radical (unpaired) electrons. The predicted molar refractivity (Wildman–Crippen MR) is 103 cm³/mol. The molecule has 2 heterocycles. The first-order valence-electron chi connectivity index (χ1n) is 7.01. The van der Waals surface area contributed by atoms with Gasteiger partial charge in [0.15, 0.2) is 5.13 Å². The summed E-state index contributed by atoms with van der Waals surface area (Å²) in [5.74, 6) is -0.204. The van der Waals surface area contributed by atoms with E-state index in [2.05, 4.69) is 10.3 Å². The Morgan fingerprint density at radius 1 is 1.29 bits per heavy atom. The van der Waals surface area contributed by atoms with Gasteiger partial charge in [-0.05, 0) is 41.3 Å². The number of amides is 1. The fourth-order valence-electron chi connectivity index (χ4n) is 2.00. The van der Waals surface area contributed by atoms with Crippen molar-refractivity contribution < 1.29 is 4.79 Å². The molecule has 7 heteroatoms. The molecule has 0 spiro atoms. The van der Waals surface area contributed by atoms with Crippen LogP contribution in [0.2, 0.25) is 10.0 Å². The van der Waals surface area contributed by atoms with Gasteiger partial charge >= 0.3 is 0 Å². The van der Waals surface area contributed by atoms with Crippen molar-refractivity contribution in [1.29, 1.82) is 0 Å². The van der Waals surface area contributed by atoms with Crippen LogP contribution in [0.5, 0.6) is 0 Å². The van der Waals surface area contributed by atoms with Gasteiger partial charge in [-0.3, -0.25) is 10.1 Å². The third-order valence-electron chi connectivity index (χ3n) is 3.10. The maximum Gasteiger partial charge on any atom is 0.250 e. The number of carbonyl (C=O) groups excluding carboxylic acids is 1. The zero-order chi connectivity index (χ0) is 16.9. The van der Waals surface area contributed by atoms with Crippen LogP contribution in [0.25, 0.3) is 6.08 Å². The zero-order valence-electron chi connectivity index (χ0n) is 12.3. The molecule has 0 aliphatic rings. The number of benzene rings is 1. The van der Waals surface area contributed by atoms with E-state index < -0.39 is 0 Å². The van der Waals surface area contributed by atoms with Gasteiger partial charge < -0.3 is 0 Å². The average Bonchev–Trinajstić information content (AvgIpc) is 3.21. The topological polar surface area (TPSA) is 42.0 Å². The fraction of sp³-hybridized carbons (Fsp3) is 0.0588. The van der Waals surface area contributed by atoms with Crippen molar-refractivity contribution in [3.05, 3.63) is 73.3 Å². The predicted octanol–water partition coefficient (Wildman–Crippen LogP) is 5.75. The maximum absolute atomic E-state index is 11.9. The van der Waals surface area contributed by atoms with E-state index in [1.807, 2.05) is 23.6 Å². The number of halogens is 2. The van der Waals surface area contributed by atoms with Gasteiger partial charge in [0.2, 0.25) is 5.91 Å². The third kappa shape index (κ3) is 4.68. The van der Waals surface area contributed by atoms with E-state index in [0.717, 1.165) is 15.3 Å². The van der Waals surface area contributed by atoms with Crippen molar-refractivity contribution >= 4 is 63.0 Å². The number of hydrogen-bond acceptors (Lipinski definition) is 4. The van der Waals surface area contributed by atoms with Gasteiger partial charge in [-0.2, -0.15) is 0 Å². The van der Waals surface area contributed by atoms with Crippen molar-refractivity contribution in [3.8, 4) is 0 Å². The molecule has 0 unspecified atom stereocenters. The number of carbonyl (C=O) groups is 1. The lowest BCUT2D eigenvalue weighted by molar-refractivity contribution is -0.111. The molecule has 3 rings (SSSR count). The first kappa shape index (κ1) is 17.2. The second kappa shape index (κ2) is 7.94. The number of aromatic nitrogens is 1. The lowest BCUT2D eigenvalue weighted by atomic mass is 10.1. The zero-order valence-corrected chi connectivity index (χ0v) is 15.5. The van der Waals surface area contributed by atoms with Gasteiger partial charge in [0.25, 0.3) is 0 Å². The SMILES string of the molecule is O=C(/C=C/c1cccs1)Nc1ncc(Cc2cc(Cl)ccc2Cl)s1. The summed E-state index contributed by atoms with van der Waals surface area (Å²) < 4.78 is 0. The second-order valence-corrected chi connectivity index (χ2v) is 7.82. The summed E-state index contributed by atoms with van der Waals surface area (Å²) in [6.45, 7) is 0. The molecule has 1 amide bonds. The molecule has 3 aromatic rings. The molecular weight excluding hydrogens is 383 g/mol. The number of nitrogens with zero attached hydrogens (tertiary/aromatic N) is 1. The standard InChI is InChI=1S/C17H12Cl2N2OS2/c18-12-3-5-15(19)11(8-12)9-14-10-20-17(24-14)21-16(22)6-4-13-2-1-7-23-13/h1-8,10H,9H2,(H,20,21,22)/b6-4+. The first-order valence-corrected chi connectivity index (χ1v) is 9.46. The molecule has 1 N–H and O–H groups in total. The number of nitrogens with one attached hydrogen (secondary N) is 1. The molecule has 0 aliphatic carbocycles. The van der Waals surface area contributed by atoms with Crippen LogP contribution in [-0.4, -0.2) is 10.9 Å². The Balaban J connectivity index is 1.63. The van der Waals surface area contributed by atoms with Gasteiger partial charge in [-0.25, -0.2) is 4.98 Å². The number of thiophene rings is 1. The van der Waals surface area contributed by atoms with Crippen molar-refractivity contribution in [3.63, 3.8) is 0 Å². The van der Waals surface area contributed by atoms with Crippen molar-refractivity contribution in [2.24, 2.45) is 0 Å². The summed E-state index contributed by atoms with van der Waals surface area (Å²) in [6.07, 6.45) is 5.64. The number of rotatable bonds is 5. The third-order valence-corrected chi connectivity index (χ3v) is 5.45. The van der Waals surface area contributed by atoms with Gasteiger partial charge in [0, 0.05) is 38.5 Å². The molecule has 24 heavy (non-hydrogen) atoms. The minimum atomic E-state index is -0.204. The Kier molecular flexibility index (Phi) is 5.68. The fourth-order valence-corrected chi connectivity index (χ4v) is 3.84. The highest BCUT2D eigenvalue weighted by molar-refractivity contribution is 7.15. The number of hydrogen-bond donors (Lipinski definition) is 1. The first-order chi connectivity index (χ1) is 11.6. The molecule has 122 valence electrons. The number of anilines is 1. The monoisotopic (exact) mass is 394 g/mol. The summed E-state index contributed by atoms with van der Waals surface area (Å²) in [7, 11) is 0. The highest BCUT2D eigenvalue weighted by Crippen LogP contribution is 2.27. The molecule has 0 bridgehead atoms. The van der Waals surface area contributed by atoms with Crippen LogP contribution in [-0.2, 0) is 11.2 Å². The Labute approximate surface area is 157 Å². The maximum atomic E-state index is 11.9. The van der Waals surface area contributed by atoms with Crippen molar-refractivity contribution in [1.82, 2.24) is 4.98 Å². The summed E-state index contributed by atoms with van der Waals surface area (Å²) in [5, 5.41) is 6.60. The smallest absolute Gasteiger partial charge is 0.250 e. The summed E-state index contributed by atoms with van der Waals surface area (Å²) in [5.41, 5.74) is 0.934. The molecule has 0 aliphatic heterocycles. The highest BCUT2D eigenvalue weighted by Gasteiger charge is 2.08. The summed E-state index contributed by atoms with van der Waals surface area (Å²) >= 11 is 15.2. The quantitative estimate of drug-likeness (QED) is 0.559. The Bertz CT molecular complexity index is 873. The van der Waals surface area contributed by atoms with Crippen LogP contribution in [0, 0.1) is 0 Å². The molecule has 0 atom stereocenters. The Hall–Kier alpha value is -1.66. The highest BCUT2D eigenvalue weighted by atomic mass is 35.5. The lowest BCUT2D eigenvalue weighted by Gasteiger charge is -2.02. The van der Waals surface area contributed by atoms with Crippen molar-refractivity contribution in [2.75, 3.05) is 5.32 Å². The van der Waals surface area contributed by atoms with E-state index in [1.165, 1.54) is 17.4 Å². The minimum Gasteiger partial charge on any atom is -0.298 e. The van der Waals surface area contributed by atoms with E-state index in [0.29, 0.717) is 21.6 Å². The van der Waals surface area contributed by atoms with Gasteiger partial charge in [0.05, 0.1) is 0 Å². The number of thiazole rings is 1. The Morgan fingerprint density at radius 2 is 2.17 bits per heavy atom. The largest absolute Gasteiger partial charge is 0.298 e. The van der Waals surface area contributed by atoms with Crippen molar-refractivity contribution in [2.45, 2.75) is 6.42 Å². The molecule has 0 fully saturated rings. The van der Waals surface area contributed by atoms with Crippen LogP contribution >= 0.6 is 45.9 Å². The minimum absolute atomic E-state index is 0.204. The molecule has 1 aromatic carbocycles. The molecule has 0 saturated carbocycles. The molecular formula is C17H12Cl2N2OS2. The molecule has 2 aromatic heterocycles. The van der Waals surface area contributed by atoms with E-state index in [4.69, 9.17) is 23.2 Å².